The standard InChI is InChI=1S/C7H14N2/c1-4-6-7(3)9-8-5-2/h4,6,8-9H,1,5H2,2-3H3/b7-6+. The van der Waals surface area contributed by atoms with Crippen LogP contribution in [0.4, 0.5) is 0 Å². The van der Waals surface area contributed by atoms with Crippen LogP contribution in [0.3, 0.4) is 0 Å². The Labute approximate surface area is 56.6 Å². The second-order valence-electron chi connectivity index (χ2n) is 1.74. The molecular formula is C7H14N2. The molecule has 0 saturated carbocycles. The van der Waals surface area contributed by atoms with Gasteiger partial charge in [0.25, 0.3) is 0 Å². The first-order valence-electron chi connectivity index (χ1n) is 3.09. The molecule has 9 heavy (non-hydrogen) atoms. The van der Waals surface area contributed by atoms with Gasteiger partial charge in [-0.3, -0.25) is 0 Å². The van der Waals surface area contributed by atoms with Gasteiger partial charge in [-0.05, 0) is 13.0 Å². The Bertz CT molecular complexity index is 105. The highest BCUT2D eigenvalue weighted by Crippen LogP contribution is 1.81. The van der Waals surface area contributed by atoms with Crippen LogP contribution in [-0.4, -0.2) is 6.54 Å². The summed E-state index contributed by atoms with van der Waals surface area (Å²) in [5.74, 6) is 0. The van der Waals surface area contributed by atoms with Gasteiger partial charge in [0.1, 0.15) is 0 Å². The lowest BCUT2D eigenvalue weighted by molar-refractivity contribution is 0.625. The van der Waals surface area contributed by atoms with E-state index in [9.17, 15) is 0 Å². The van der Waals surface area contributed by atoms with Gasteiger partial charge in [0.15, 0.2) is 0 Å². The van der Waals surface area contributed by atoms with Crippen molar-refractivity contribution in [2.45, 2.75) is 13.8 Å². The molecule has 0 aromatic carbocycles. The van der Waals surface area contributed by atoms with Crippen molar-refractivity contribution in [1.82, 2.24) is 10.9 Å². The van der Waals surface area contributed by atoms with Crippen molar-refractivity contribution in [1.29, 1.82) is 0 Å². The van der Waals surface area contributed by atoms with Crippen molar-refractivity contribution < 1.29 is 0 Å². The first kappa shape index (κ1) is 8.24. The normalized spacial score (nSPS) is 11.1. The average molecular weight is 126 g/mol. The summed E-state index contributed by atoms with van der Waals surface area (Å²) in [5, 5.41) is 0. The number of hydrogen-bond donors (Lipinski definition) is 2. The second-order valence-corrected chi connectivity index (χ2v) is 1.74. The van der Waals surface area contributed by atoms with Gasteiger partial charge in [-0.2, -0.15) is 0 Å². The molecule has 0 bridgehead atoms. The number of rotatable bonds is 4. The van der Waals surface area contributed by atoms with Crippen LogP contribution in [0.25, 0.3) is 0 Å². The molecule has 0 spiro atoms. The van der Waals surface area contributed by atoms with E-state index in [1.807, 2.05) is 19.9 Å². The predicted molar refractivity (Wildman–Crippen MR) is 40.8 cm³/mol. The van der Waals surface area contributed by atoms with Gasteiger partial charge in [-0.25, -0.2) is 5.43 Å². The van der Waals surface area contributed by atoms with Crippen LogP contribution in [0.1, 0.15) is 13.8 Å². The van der Waals surface area contributed by atoms with E-state index in [0.29, 0.717) is 0 Å². The highest BCUT2D eigenvalue weighted by atomic mass is 15.3. The minimum Gasteiger partial charge on any atom is -0.326 e. The maximum Gasteiger partial charge on any atom is 0.0230 e. The Hall–Kier alpha value is -0.760. The fourth-order valence-electron chi connectivity index (χ4n) is 0.446. The Balaban J connectivity index is 3.36. The van der Waals surface area contributed by atoms with E-state index in [2.05, 4.69) is 17.4 Å². The van der Waals surface area contributed by atoms with E-state index < -0.39 is 0 Å². The molecule has 0 rings (SSSR count). The Morgan fingerprint density at radius 1 is 1.67 bits per heavy atom. The van der Waals surface area contributed by atoms with E-state index >= 15 is 0 Å². The van der Waals surface area contributed by atoms with Crippen LogP contribution < -0.4 is 10.9 Å². The van der Waals surface area contributed by atoms with Gasteiger partial charge >= 0.3 is 0 Å². The summed E-state index contributed by atoms with van der Waals surface area (Å²) in [5.41, 5.74) is 7.02. The molecule has 0 aromatic rings. The average Bonchev–Trinajstić information content (AvgIpc) is 1.85. The number of hydrogen-bond acceptors (Lipinski definition) is 2. The van der Waals surface area contributed by atoms with E-state index in [4.69, 9.17) is 0 Å². The third-order valence-corrected chi connectivity index (χ3v) is 0.830. The van der Waals surface area contributed by atoms with Crippen molar-refractivity contribution in [2.75, 3.05) is 6.54 Å². The highest BCUT2D eigenvalue weighted by molar-refractivity contribution is 5.04. The molecule has 0 fully saturated rings. The molecule has 0 saturated heterocycles. The summed E-state index contributed by atoms with van der Waals surface area (Å²) >= 11 is 0. The summed E-state index contributed by atoms with van der Waals surface area (Å²) in [4.78, 5) is 0. The van der Waals surface area contributed by atoms with Crippen LogP contribution in [0.2, 0.25) is 0 Å². The van der Waals surface area contributed by atoms with Crippen molar-refractivity contribution in [3.8, 4) is 0 Å². The minimum atomic E-state index is 0.919. The zero-order valence-electron chi connectivity index (χ0n) is 6.07. The van der Waals surface area contributed by atoms with E-state index in [1.54, 1.807) is 6.08 Å². The van der Waals surface area contributed by atoms with Crippen molar-refractivity contribution in [2.24, 2.45) is 0 Å². The second kappa shape index (κ2) is 5.38. The van der Waals surface area contributed by atoms with Gasteiger partial charge in [0.05, 0.1) is 0 Å². The maximum absolute atomic E-state index is 3.56. The molecule has 0 aliphatic heterocycles. The molecule has 0 aromatic heterocycles. The molecule has 0 atom stereocenters. The smallest absolute Gasteiger partial charge is 0.0230 e. The fraction of sp³-hybridized carbons (Fsp3) is 0.429. The predicted octanol–water partition coefficient (Wildman–Crippen LogP) is 1.19. The summed E-state index contributed by atoms with van der Waals surface area (Å²) in [7, 11) is 0. The van der Waals surface area contributed by atoms with Gasteiger partial charge in [-0.1, -0.05) is 19.6 Å². The van der Waals surface area contributed by atoms with Crippen molar-refractivity contribution in [3.63, 3.8) is 0 Å². The van der Waals surface area contributed by atoms with E-state index in [-0.39, 0.29) is 0 Å². The maximum atomic E-state index is 3.56. The van der Waals surface area contributed by atoms with Crippen molar-refractivity contribution in [3.05, 3.63) is 24.4 Å². The molecule has 0 aliphatic carbocycles. The molecule has 52 valence electrons. The molecule has 0 amide bonds. The molecule has 2 nitrogen and oxygen atoms in total. The van der Waals surface area contributed by atoms with Crippen LogP contribution in [-0.2, 0) is 0 Å². The summed E-state index contributed by atoms with van der Waals surface area (Å²) in [6, 6.07) is 0. The van der Waals surface area contributed by atoms with E-state index in [1.165, 1.54) is 0 Å². The molecule has 2 N–H and O–H groups in total. The highest BCUT2D eigenvalue weighted by Gasteiger charge is 1.79. The first-order chi connectivity index (χ1) is 4.31. The largest absolute Gasteiger partial charge is 0.326 e. The molecule has 0 radical (unpaired) electrons. The van der Waals surface area contributed by atoms with E-state index in [0.717, 1.165) is 12.2 Å². The minimum absolute atomic E-state index is 0.919. The Kier molecular flexibility index (Phi) is 4.92. The molecule has 0 unspecified atom stereocenters. The topological polar surface area (TPSA) is 24.1 Å². The molecule has 2 heteroatoms. The SMILES string of the molecule is C=C/C=C(\C)NNCC. The van der Waals surface area contributed by atoms with Crippen molar-refractivity contribution >= 4 is 0 Å². The number of nitrogens with one attached hydrogen (secondary N) is 2. The number of hydrazine groups is 1. The lowest BCUT2D eigenvalue weighted by atomic mass is 10.4. The molecule has 0 heterocycles. The monoisotopic (exact) mass is 126 g/mol. The van der Waals surface area contributed by atoms with Gasteiger partial charge in [0.2, 0.25) is 0 Å². The Morgan fingerprint density at radius 2 is 2.33 bits per heavy atom. The lowest BCUT2D eigenvalue weighted by Gasteiger charge is -2.03. The fourth-order valence-corrected chi connectivity index (χ4v) is 0.446. The zero-order chi connectivity index (χ0) is 7.11. The summed E-state index contributed by atoms with van der Waals surface area (Å²) in [6.07, 6.45) is 3.66. The number of allylic oxidation sites excluding steroid dienone is 3. The lowest BCUT2D eigenvalue weighted by Crippen LogP contribution is -2.29. The van der Waals surface area contributed by atoms with Crippen LogP contribution in [0, 0.1) is 0 Å². The zero-order valence-corrected chi connectivity index (χ0v) is 6.07. The Morgan fingerprint density at radius 3 is 2.78 bits per heavy atom. The van der Waals surface area contributed by atoms with Gasteiger partial charge < -0.3 is 5.43 Å². The van der Waals surface area contributed by atoms with Crippen LogP contribution in [0.5, 0.6) is 0 Å². The third kappa shape index (κ3) is 5.11. The molecular weight excluding hydrogens is 112 g/mol. The quantitative estimate of drug-likeness (QED) is 0.437. The van der Waals surface area contributed by atoms with Crippen LogP contribution in [0.15, 0.2) is 24.4 Å². The van der Waals surface area contributed by atoms with Gasteiger partial charge in [0, 0.05) is 12.2 Å². The van der Waals surface area contributed by atoms with Gasteiger partial charge in [-0.15, -0.1) is 0 Å². The third-order valence-electron chi connectivity index (χ3n) is 0.830. The molecule has 0 aliphatic rings. The summed E-state index contributed by atoms with van der Waals surface area (Å²) < 4.78 is 0. The first-order valence-corrected chi connectivity index (χ1v) is 3.09. The summed E-state index contributed by atoms with van der Waals surface area (Å²) in [6.45, 7) is 8.50. The van der Waals surface area contributed by atoms with Crippen LogP contribution >= 0.6 is 0 Å².